The van der Waals surface area contributed by atoms with Crippen LogP contribution in [0.15, 0.2) is 48.5 Å². The number of hydrogen-bond acceptors (Lipinski definition) is 5. The molecule has 1 N–H and O–H groups in total. The van der Waals surface area contributed by atoms with E-state index in [1.807, 2.05) is 42.5 Å². The molecule has 0 aliphatic carbocycles. The summed E-state index contributed by atoms with van der Waals surface area (Å²) in [4.78, 5) is 16.0. The van der Waals surface area contributed by atoms with Gasteiger partial charge in [0.1, 0.15) is 11.5 Å². The van der Waals surface area contributed by atoms with Gasteiger partial charge in [0.25, 0.3) is 0 Å². The van der Waals surface area contributed by atoms with Crippen LogP contribution in [0.5, 0.6) is 17.2 Å². The maximum atomic E-state index is 11.8. The third kappa shape index (κ3) is 2.68. The van der Waals surface area contributed by atoms with Gasteiger partial charge in [0, 0.05) is 11.1 Å². The van der Waals surface area contributed by atoms with Crippen molar-refractivity contribution in [2.45, 2.75) is 6.92 Å². The molecule has 0 aliphatic heterocycles. The van der Waals surface area contributed by atoms with Gasteiger partial charge in [0.2, 0.25) is 0 Å². The minimum absolute atomic E-state index is 0.124. The quantitative estimate of drug-likeness (QED) is 0.745. The van der Waals surface area contributed by atoms with Gasteiger partial charge in [-0.3, -0.25) is 0 Å². The number of carbonyl (C=O) groups is 1. The number of para-hydroxylation sites is 1. The molecule has 3 rings (SSSR count). The van der Waals surface area contributed by atoms with Crippen molar-refractivity contribution in [3.8, 4) is 17.2 Å². The van der Waals surface area contributed by atoms with E-state index in [9.17, 15) is 9.90 Å². The van der Waals surface area contributed by atoms with Gasteiger partial charge in [-0.05, 0) is 25.1 Å². The van der Waals surface area contributed by atoms with E-state index < -0.39 is 5.97 Å². The molecule has 0 saturated carbocycles. The largest absolute Gasteiger partial charge is 0.505 e. The highest BCUT2D eigenvalue weighted by Crippen LogP contribution is 2.38. The highest BCUT2D eigenvalue weighted by Gasteiger charge is 2.21. The number of aromatic hydroxyl groups is 1. The number of hydrogen-bond donors (Lipinski definition) is 1. The van der Waals surface area contributed by atoms with Crippen molar-refractivity contribution in [1.29, 1.82) is 0 Å². The van der Waals surface area contributed by atoms with Crippen molar-refractivity contribution in [3.05, 3.63) is 59.9 Å². The molecule has 3 aromatic rings. The number of pyridine rings is 1. The van der Waals surface area contributed by atoms with E-state index in [2.05, 4.69) is 9.72 Å². The second-order valence-corrected chi connectivity index (χ2v) is 4.98. The summed E-state index contributed by atoms with van der Waals surface area (Å²) in [5, 5.41) is 11.6. The van der Waals surface area contributed by atoms with Crippen LogP contribution in [-0.2, 0) is 4.74 Å². The predicted octanol–water partition coefficient (Wildman–Crippen LogP) is 3.83. The lowest BCUT2D eigenvalue weighted by molar-refractivity contribution is 0.0590. The minimum Gasteiger partial charge on any atom is -0.505 e. The maximum Gasteiger partial charge on any atom is 0.360 e. The molecule has 0 spiro atoms. The van der Waals surface area contributed by atoms with Crippen LogP contribution >= 0.6 is 0 Å². The molecule has 5 nitrogen and oxygen atoms in total. The number of ether oxygens (including phenoxy) is 2. The van der Waals surface area contributed by atoms with E-state index in [4.69, 9.17) is 4.74 Å². The number of aryl methyl sites for hydroxylation is 1. The first-order chi connectivity index (χ1) is 11.1. The van der Waals surface area contributed by atoms with Crippen LogP contribution in [0.1, 0.15) is 16.2 Å². The maximum absolute atomic E-state index is 11.8. The molecule has 1 aromatic heterocycles. The van der Waals surface area contributed by atoms with Crippen LogP contribution in [-0.4, -0.2) is 23.2 Å². The third-order valence-corrected chi connectivity index (χ3v) is 3.51. The average Bonchev–Trinajstić information content (AvgIpc) is 2.58. The molecule has 0 aliphatic rings. The summed E-state index contributed by atoms with van der Waals surface area (Å²) in [5.74, 6) is 0.140. The Morgan fingerprint density at radius 2 is 1.83 bits per heavy atom. The number of benzene rings is 2. The van der Waals surface area contributed by atoms with Crippen molar-refractivity contribution >= 4 is 16.7 Å². The summed E-state index contributed by atoms with van der Waals surface area (Å²) in [7, 11) is 1.25. The molecule has 116 valence electrons. The average molecular weight is 309 g/mol. The Bertz CT molecular complexity index is 875. The first-order valence-electron chi connectivity index (χ1n) is 7.05. The standard InChI is InChI=1S/C18H15NO4/c1-11-13-9-6-10-14(23-12-7-4-3-5-8-12)15(13)17(20)16(19-11)18(21)22-2/h3-10,20H,1-2H3. The minimum atomic E-state index is -0.693. The summed E-state index contributed by atoms with van der Waals surface area (Å²) < 4.78 is 10.5. The van der Waals surface area contributed by atoms with Gasteiger partial charge >= 0.3 is 5.97 Å². The van der Waals surface area contributed by atoms with Crippen LogP contribution in [0, 0.1) is 6.92 Å². The molecule has 0 unspecified atom stereocenters. The van der Waals surface area contributed by atoms with E-state index in [0.29, 0.717) is 28.0 Å². The van der Waals surface area contributed by atoms with Crippen LogP contribution in [0.4, 0.5) is 0 Å². The monoisotopic (exact) mass is 309 g/mol. The lowest BCUT2D eigenvalue weighted by Crippen LogP contribution is -2.06. The van der Waals surface area contributed by atoms with E-state index >= 15 is 0 Å². The SMILES string of the molecule is COC(=O)c1nc(C)c2cccc(Oc3ccccc3)c2c1O. The van der Waals surface area contributed by atoms with E-state index in [1.54, 1.807) is 13.0 Å². The molecule has 5 heteroatoms. The fourth-order valence-electron chi connectivity index (χ4n) is 2.42. The molecule has 0 saturated heterocycles. The van der Waals surface area contributed by atoms with Gasteiger partial charge in [0.15, 0.2) is 11.4 Å². The van der Waals surface area contributed by atoms with Crippen LogP contribution in [0.2, 0.25) is 0 Å². The smallest absolute Gasteiger partial charge is 0.360 e. The number of nitrogens with zero attached hydrogens (tertiary/aromatic N) is 1. The first-order valence-corrected chi connectivity index (χ1v) is 7.05. The van der Waals surface area contributed by atoms with Crippen LogP contribution in [0.25, 0.3) is 10.8 Å². The number of carbonyl (C=O) groups excluding carboxylic acids is 1. The fraction of sp³-hybridized carbons (Fsp3) is 0.111. The zero-order chi connectivity index (χ0) is 16.4. The number of fused-ring (bicyclic) bond motifs is 1. The zero-order valence-electron chi connectivity index (χ0n) is 12.7. The molecule has 1 heterocycles. The second kappa shape index (κ2) is 5.96. The molecular formula is C18H15NO4. The van der Waals surface area contributed by atoms with Crippen molar-refractivity contribution in [1.82, 2.24) is 4.98 Å². The lowest BCUT2D eigenvalue weighted by Gasteiger charge is -2.13. The Labute approximate surface area is 133 Å². The van der Waals surface area contributed by atoms with Crippen molar-refractivity contribution in [3.63, 3.8) is 0 Å². The van der Waals surface area contributed by atoms with Crippen molar-refractivity contribution in [2.75, 3.05) is 7.11 Å². The number of aromatic nitrogens is 1. The topological polar surface area (TPSA) is 68.7 Å². The molecule has 2 aromatic carbocycles. The van der Waals surface area contributed by atoms with Gasteiger partial charge in [-0.2, -0.15) is 0 Å². The summed E-state index contributed by atoms with van der Waals surface area (Å²) in [5.41, 5.74) is 0.485. The first kappa shape index (κ1) is 14.8. The molecule has 0 fully saturated rings. The summed E-state index contributed by atoms with van der Waals surface area (Å²) >= 11 is 0. The zero-order valence-corrected chi connectivity index (χ0v) is 12.7. The normalized spacial score (nSPS) is 10.5. The van der Waals surface area contributed by atoms with Crippen LogP contribution < -0.4 is 4.74 Å². The Kier molecular flexibility index (Phi) is 3.85. The molecule has 0 atom stereocenters. The Hall–Kier alpha value is -3.08. The summed E-state index contributed by atoms with van der Waals surface area (Å²) in [6.07, 6.45) is 0. The van der Waals surface area contributed by atoms with E-state index in [-0.39, 0.29) is 11.4 Å². The van der Waals surface area contributed by atoms with Gasteiger partial charge in [0.05, 0.1) is 12.5 Å². The van der Waals surface area contributed by atoms with Gasteiger partial charge < -0.3 is 14.6 Å². The molecule has 0 radical (unpaired) electrons. The molecule has 0 amide bonds. The van der Waals surface area contributed by atoms with Crippen molar-refractivity contribution < 1.29 is 19.4 Å². The molecule has 23 heavy (non-hydrogen) atoms. The van der Waals surface area contributed by atoms with Crippen LogP contribution in [0.3, 0.4) is 0 Å². The predicted molar refractivity (Wildman–Crippen MR) is 86.0 cm³/mol. The van der Waals surface area contributed by atoms with Gasteiger partial charge in [-0.15, -0.1) is 0 Å². The Morgan fingerprint density at radius 3 is 2.52 bits per heavy atom. The van der Waals surface area contributed by atoms with E-state index in [1.165, 1.54) is 7.11 Å². The second-order valence-electron chi connectivity index (χ2n) is 4.98. The summed E-state index contributed by atoms with van der Waals surface area (Å²) in [6.45, 7) is 1.76. The highest BCUT2D eigenvalue weighted by molar-refractivity contribution is 6.02. The highest BCUT2D eigenvalue weighted by atomic mass is 16.5. The van der Waals surface area contributed by atoms with Gasteiger partial charge in [-0.1, -0.05) is 30.3 Å². The van der Waals surface area contributed by atoms with Gasteiger partial charge in [-0.25, -0.2) is 9.78 Å². The third-order valence-electron chi connectivity index (χ3n) is 3.51. The Morgan fingerprint density at radius 1 is 1.09 bits per heavy atom. The molecular weight excluding hydrogens is 294 g/mol. The number of methoxy groups -OCH3 is 1. The van der Waals surface area contributed by atoms with E-state index in [0.717, 1.165) is 0 Å². The lowest BCUT2D eigenvalue weighted by atomic mass is 10.1. The molecule has 0 bridgehead atoms. The number of rotatable bonds is 3. The fourth-order valence-corrected chi connectivity index (χ4v) is 2.42. The number of esters is 1. The summed E-state index contributed by atoms with van der Waals surface area (Å²) in [6, 6.07) is 14.6. The van der Waals surface area contributed by atoms with Crippen molar-refractivity contribution in [2.24, 2.45) is 0 Å². The Balaban J connectivity index is 2.22.